The summed E-state index contributed by atoms with van der Waals surface area (Å²) in [6.45, 7) is 11.4. The molecule has 0 saturated carbocycles. The van der Waals surface area contributed by atoms with E-state index in [1.54, 1.807) is 0 Å². The molecule has 0 aromatic heterocycles. The summed E-state index contributed by atoms with van der Waals surface area (Å²) in [6.07, 6.45) is 5.35. The summed E-state index contributed by atoms with van der Waals surface area (Å²) in [5, 5.41) is 13.2. The molecule has 0 saturated heterocycles. The Bertz CT molecular complexity index is 197. The second-order valence-electron chi connectivity index (χ2n) is 5.12. The van der Waals surface area contributed by atoms with Gasteiger partial charge in [0.1, 0.15) is 0 Å². The SMILES string of the molecule is CCC(C)C(O)CNC(C)CCC=C(C)C. The molecule has 2 N–H and O–H groups in total. The van der Waals surface area contributed by atoms with Crippen LogP contribution >= 0.6 is 0 Å². The van der Waals surface area contributed by atoms with Gasteiger partial charge in [0.05, 0.1) is 6.10 Å². The molecule has 0 rings (SSSR count). The van der Waals surface area contributed by atoms with E-state index < -0.39 is 0 Å². The van der Waals surface area contributed by atoms with Crippen molar-refractivity contribution in [3.63, 3.8) is 0 Å². The molecular formula is C14H29NO. The third-order valence-corrected chi connectivity index (χ3v) is 3.13. The highest BCUT2D eigenvalue weighted by Crippen LogP contribution is 2.07. The van der Waals surface area contributed by atoms with Crippen LogP contribution in [0.2, 0.25) is 0 Å². The van der Waals surface area contributed by atoms with Crippen LogP contribution in [-0.4, -0.2) is 23.8 Å². The molecule has 3 unspecified atom stereocenters. The number of aliphatic hydroxyl groups is 1. The number of hydrogen-bond donors (Lipinski definition) is 2. The predicted octanol–water partition coefficient (Wildman–Crippen LogP) is 3.12. The number of nitrogens with one attached hydrogen (secondary N) is 1. The molecule has 0 aromatic rings. The van der Waals surface area contributed by atoms with Gasteiger partial charge >= 0.3 is 0 Å². The van der Waals surface area contributed by atoms with Gasteiger partial charge in [-0.25, -0.2) is 0 Å². The van der Waals surface area contributed by atoms with Gasteiger partial charge in [0.15, 0.2) is 0 Å². The van der Waals surface area contributed by atoms with Crippen molar-refractivity contribution in [2.24, 2.45) is 5.92 Å². The Morgan fingerprint density at radius 2 is 1.94 bits per heavy atom. The quantitative estimate of drug-likeness (QED) is 0.624. The summed E-state index contributed by atoms with van der Waals surface area (Å²) in [5.74, 6) is 0.387. The molecule has 0 spiro atoms. The van der Waals surface area contributed by atoms with Crippen molar-refractivity contribution in [3.8, 4) is 0 Å². The molecule has 0 aliphatic heterocycles. The Hall–Kier alpha value is -0.340. The average Bonchev–Trinajstić information content (AvgIpc) is 2.24. The van der Waals surface area contributed by atoms with Crippen LogP contribution in [0, 0.1) is 5.92 Å². The Balaban J connectivity index is 3.64. The predicted molar refractivity (Wildman–Crippen MR) is 71.6 cm³/mol. The van der Waals surface area contributed by atoms with E-state index in [4.69, 9.17) is 0 Å². The number of aliphatic hydroxyl groups excluding tert-OH is 1. The van der Waals surface area contributed by atoms with Crippen molar-refractivity contribution in [2.45, 2.75) is 66.0 Å². The third kappa shape index (κ3) is 7.89. The van der Waals surface area contributed by atoms with E-state index >= 15 is 0 Å². The summed E-state index contributed by atoms with van der Waals surface area (Å²) in [7, 11) is 0. The molecule has 2 nitrogen and oxygen atoms in total. The molecule has 0 aromatic carbocycles. The highest BCUT2D eigenvalue weighted by molar-refractivity contribution is 4.93. The van der Waals surface area contributed by atoms with Gasteiger partial charge < -0.3 is 10.4 Å². The molecular weight excluding hydrogens is 198 g/mol. The zero-order valence-electron chi connectivity index (χ0n) is 11.6. The van der Waals surface area contributed by atoms with Gasteiger partial charge in [-0.3, -0.25) is 0 Å². The van der Waals surface area contributed by atoms with E-state index in [1.165, 1.54) is 5.57 Å². The lowest BCUT2D eigenvalue weighted by Gasteiger charge is -2.20. The fourth-order valence-corrected chi connectivity index (χ4v) is 1.52. The summed E-state index contributed by atoms with van der Waals surface area (Å²) in [4.78, 5) is 0. The Morgan fingerprint density at radius 3 is 2.44 bits per heavy atom. The van der Waals surface area contributed by atoms with Gasteiger partial charge in [-0.15, -0.1) is 0 Å². The van der Waals surface area contributed by atoms with Crippen LogP contribution in [0.4, 0.5) is 0 Å². The minimum Gasteiger partial charge on any atom is -0.392 e. The molecule has 0 fully saturated rings. The van der Waals surface area contributed by atoms with Crippen molar-refractivity contribution >= 4 is 0 Å². The first-order valence-electron chi connectivity index (χ1n) is 6.52. The first-order chi connectivity index (χ1) is 7.47. The van der Waals surface area contributed by atoms with Gasteiger partial charge in [0.25, 0.3) is 0 Å². The van der Waals surface area contributed by atoms with Crippen LogP contribution in [0.1, 0.15) is 53.9 Å². The minimum absolute atomic E-state index is 0.212. The highest BCUT2D eigenvalue weighted by Gasteiger charge is 2.12. The Kier molecular flexibility index (Phi) is 8.58. The fraction of sp³-hybridized carbons (Fsp3) is 0.857. The van der Waals surface area contributed by atoms with Crippen LogP contribution in [0.15, 0.2) is 11.6 Å². The lowest BCUT2D eigenvalue weighted by atomic mass is 10.0. The second kappa shape index (κ2) is 8.77. The minimum atomic E-state index is -0.212. The number of allylic oxidation sites excluding steroid dienone is 2. The molecule has 0 aliphatic carbocycles. The first-order valence-corrected chi connectivity index (χ1v) is 6.52. The van der Waals surface area contributed by atoms with E-state index in [2.05, 4.69) is 46.0 Å². The molecule has 16 heavy (non-hydrogen) atoms. The average molecular weight is 227 g/mol. The molecule has 0 heterocycles. The monoisotopic (exact) mass is 227 g/mol. The number of hydrogen-bond acceptors (Lipinski definition) is 2. The highest BCUT2D eigenvalue weighted by atomic mass is 16.3. The standard InChI is InChI=1S/C14H29NO/c1-6-12(4)14(16)10-15-13(5)9-7-8-11(2)3/h8,12-16H,6-7,9-10H2,1-5H3. The molecule has 96 valence electrons. The Labute approximate surface area is 101 Å². The fourth-order valence-electron chi connectivity index (χ4n) is 1.52. The van der Waals surface area contributed by atoms with Crippen LogP contribution < -0.4 is 5.32 Å². The zero-order chi connectivity index (χ0) is 12.6. The smallest absolute Gasteiger partial charge is 0.0690 e. The maximum absolute atomic E-state index is 9.81. The molecule has 0 aliphatic rings. The first kappa shape index (κ1) is 15.7. The third-order valence-electron chi connectivity index (χ3n) is 3.13. The molecule has 2 heteroatoms. The van der Waals surface area contributed by atoms with Crippen LogP contribution in [0.5, 0.6) is 0 Å². The van der Waals surface area contributed by atoms with Crippen LogP contribution in [0.3, 0.4) is 0 Å². The van der Waals surface area contributed by atoms with E-state index in [0.29, 0.717) is 18.5 Å². The molecule has 0 amide bonds. The molecule has 0 radical (unpaired) electrons. The van der Waals surface area contributed by atoms with E-state index in [0.717, 1.165) is 19.3 Å². The Morgan fingerprint density at radius 1 is 1.31 bits per heavy atom. The van der Waals surface area contributed by atoms with E-state index in [9.17, 15) is 5.11 Å². The number of rotatable bonds is 8. The zero-order valence-corrected chi connectivity index (χ0v) is 11.6. The van der Waals surface area contributed by atoms with Crippen LogP contribution in [-0.2, 0) is 0 Å². The lowest BCUT2D eigenvalue weighted by Crippen LogP contribution is -2.36. The van der Waals surface area contributed by atoms with Gasteiger partial charge in [0.2, 0.25) is 0 Å². The van der Waals surface area contributed by atoms with E-state index in [1.807, 2.05) is 0 Å². The van der Waals surface area contributed by atoms with Gasteiger partial charge in [-0.1, -0.05) is 31.9 Å². The van der Waals surface area contributed by atoms with Crippen molar-refractivity contribution in [1.82, 2.24) is 5.32 Å². The molecule has 3 atom stereocenters. The maximum atomic E-state index is 9.81. The van der Waals surface area contributed by atoms with E-state index in [-0.39, 0.29) is 6.10 Å². The summed E-state index contributed by atoms with van der Waals surface area (Å²) in [5.41, 5.74) is 1.38. The maximum Gasteiger partial charge on any atom is 0.0690 e. The topological polar surface area (TPSA) is 32.3 Å². The van der Waals surface area contributed by atoms with Crippen molar-refractivity contribution < 1.29 is 5.11 Å². The summed E-state index contributed by atoms with van der Waals surface area (Å²) in [6, 6.07) is 0.481. The summed E-state index contributed by atoms with van der Waals surface area (Å²) >= 11 is 0. The van der Waals surface area contributed by atoms with Crippen molar-refractivity contribution in [1.29, 1.82) is 0 Å². The van der Waals surface area contributed by atoms with Crippen LogP contribution in [0.25, 0.3) is 0 Å². The van der Waals surface area contributed by atoms with Gasteiger partial charge in [0, 0.05) is 12.6 Å². The normalized spacial score (nSPS) is 16.6. The molecule has 0 bridgehead atoms. The van der Waals surface area contributed by atoms with Gasteiger partial charge in [-0.05, 0) is 39.5 Å². The summed E-state index contributed by atoms with van der Waals surface area (Å²) < 4.78 is 0. The largest absolute Gasteiger partial charge is 0.392 e. The van der Waals surface area contributed by atoms with Gasteiger partial charge in [-0.2, -0.15) is 0 Å². The van der Waals surface area contributed by atoms with Crippen molar-refractivity contribution in [2.75, 3.05) is 6.54 Å². The second-order valence-corrected chi connectivity index (χ2v) is 5.12. The lowest BCUT2D eigenvalue weighted by molar-refractivity contribution is 0.110. The van der Waals surface area contributed by atoms with Crippen molar-refractivity contribution in [3.05, 3.63) is 11.6 Å².